The minimum atomic E-state index is -0.834. The fraction of sp³-hybridized carbons (Fsp3) is 0.538. The molecule has 1 aromatic rings. The third-order valence-electron chi connectivity index (χ3n) is 3.28. The minimum Gasteiger partial charge on any atom is -0.468 e. The van der Waals surface area contributed by atoms with Crippen LogP contribution in [-0.2, 0) is 20.7 Å². The number of thiophene rings is 1. The molecule has 2 rings (SSSR count). The van der Waals surface area contributed by atoms with Gasteiger partial charge in [0, 0.05) is 11.4 Å². The average Bonchev–Trinajstić information content (AvgIpc) is 2.91. The molecule has 0 saturated carbocycles. The summed E-state index contributed by atoms with van der Waals surface area (Å²) in [6.45, 7) is 0.100. The van der Waals surface area contributed by atoms with E-state index in [1.807, 2.05) is 11.4 Å². The lowest BCUT2D eigenvalue weighted by atomic mass is 9.87. The summed E-state index contributed by atoms with van der Waals surface area (Å²) in [5, 5.41) is 3.92. The van der Waals surface area contributed by atoms with E-state index >= 15 is 0 Å². The van der Waals surface area contributed by atoms with E-state index < -0.39 is 11.3 Å². The first-order valence-corrected chi connectivity index (χ1v) is 7.51. The molecular formula is C13H16ClNO3S. The number of aryl methyl sites for hydroxylation is 1. The summed E-state index contributed by atoms with van der Waals surface area (Å²) in [5.74, 6) is -0.702. The molecule has 1 aromatic heterocycles. The molecular weight excluding hydrogens is 286 g/mol. The van der Waals surface area contributed by atoms with Crippen LogP contribution in [0.4, 0.5) is 0 Å². The lowest BCUT2D eigenvalue weighted by molar-refractivity contribution is -0.140. The molecule has 0 spiro atoms. The number of rotatable bonds is 4. The van der Waals surface area contributed by atoms with E-state index in [9.17, 15) is 9.59 Å². The normalized spacial score (nSPS) is 19.4. The maximum atomic E-state index is 12.2. The van der Waals surface area contributed by atoms with Gasteiger partial charge in [0.1, 0.15) is 5.38 Å². The van der Waals surface area contributed by atoms with E-state index in [2.05, 4.69) is 10.1 Å². The molecule has 19 heavy (non-hydrogen) atoms. The van der Waals surface area contributed by atoms with Crippen molar-refractivity contribution < 1.29 is 14.3 Å². The standard InChI is InChI=1S/C13H16ClNO3S/c1-18-13(17)10(14)7-15-12(16)9-3-2-4-11-8(9)5-6-19-11/h5-6,9-10H,2-4,7H2,1H3,(H,15,16). The number of methoxy groups -OCH3 is 1. The van der Waals surface area contributed by atoms with Crippen molar-refractivity contribution in [3.8, 4) is 0 Å². The fourth-order valence-corrected chi connectivity index (χ4v) is 3.44. The Bertz CT molecular complexity index is 474. The highest BCUT2D eigenvalue weighted by Gasteiger charge is 2.28. The third-order valence-corrected chi connectivity index (χ3v) is 4.61. The van der Waals surface area contributed by atoms with Crippen molar-refractivity contribution in [1.82, 2.24) is 5.32 Å². The van der Waals surface area contributed by atoms with Crippen molar-refractivity contribution in [3.63, 3.8) is 0 Å². The molecule has 4 nitrogen and oxygen atoms in total. The molecule has 2 unspecified atom stereocenters. The van der Waals surface area contributed by atoms with Crippen molar-refractivity contribution in [3.05, 3.63) is 21.9 Å². The largest absolute Gasteiger partial charge is 0.468 e. The number of carbonyl (C=O) groups excluding carboxylic acids is 2. The number of nitrogens with one attached hydrogen (secondary N) is 1. The zero-order valence-corrected chi connectivity index (χ0v) is 12.2. The fourth-order valence-electron chi connectivity index (χ4n) is 2.28. The number of hydrogen-bond acceptors (Lipinski definition) is 4. The Labute approximate surface area is 121 Å². The second-order valence-electron chi connectivity index (χ2n) is 4.48. The molecule has 1 aliphatic rings. The summed E-state index contributed by atoms with van der Waals surface area (Å²) < 4.78 is 4.51. The Morgan fingerprint density at radius 3 is 3.16 bits per heavy atom. The molecule has 0 bridgehead atoms. The number of ether oxygens (including phenoxy) is 1. The van der Waals surface area contributed by atoms with Crippen LogP contribution in [0.2, 0.25) is 0 Å². The van der Waals surface area contributed by atoms with E-state index in [-0.39, 0.29) is 18.4 Å². The number of fused-ring (bicyclic) bond motifs is 1. The van der Waals surface area contributed by atoms with Gasteiger partial charge < -0.3 is 10.1 Å². The molecule has 0 aromatic carbocycles. The number of alkyl halides is 1. The van der Waals surface area contributed by atoms with Gasteiger partial charge in [0.25, 0.3) is 0 Å². The molecule has 0 radical (unpaired) electrons. The van der Waals surface area contributed by atoms with E-state index in [0.29, 0.717) is 0 Å². The monoisotopic (exact) mass is 301 g/mol. The molecule has 1 amide bonds. The summed E-state index contributed by atoms with van der Waals surface area (Å²) in [6, 6.07) is 2.02. The highest BCUT2D eigenvalue weighted by molar-refractivity contribution is 7.10. The first kappa shape index (κ1) is 14.3. The molecule has 6 heteroatoms. The molecule has 0 fully saturated rings. The molecule has 2 atom stereocenters. The van der Waals surface area contributed by atoms with Crippen molar-refractivity contribution in [2.75, 3.05) is 13.7 Å². The van der Waals surface area contributed by atoms with Crippen LogP contribution >= 0.6 is 22.9 Å². The Morgan fingerprint density at radius 2 is 2.42 bits per heavy atom. The SMILES string of the molecule is COC(=O)C(Cl)CNC(=O)C1CCCc2sccc21. The summed E-state index contributed by atoms with van der Waals surface area (Å²) >= 11 is 7.51. The lowest BCUT2D eigenvalue weighted by Gasteiger charge is -2.22. The lowest BCUT2D eigenvalue weighted by Crippen LogP contribution is -2.37. The quantitative estimate of drug-likeness (QED) is 0.684. The smallest absolute Gasteiger partial charge is 0.325 e. The number of amides is 1. The zero-order valence-electron chi connectivity index (χ0n) is 10.6. The Kier molecular flexibility index (Phi) is 4.82. The first-order chi connectivity index (χ1) is 9.13. The van der Waals surface area contributed by atoms with Crippen molar-refractivity contribution in [2.45, 2.75) is 30.6 Å². The van der Waals surface area contributed by atoms with E-state index in [4.69, 9.17) is 11.6 Å². The van der Waals surface area contributed by atoms with Gasteiger partial charge in [-0.15, -0.1) is 22.9 Å². The second kappa shape index (κ2) is 6.39. The van der Waals surface area contributed by atoms with Gasteiger partial charge in [-0.1, -0.05) is 0 Å². The van der Waals surface area contributed by atoms with Crippen LogP contribution in [0.3, 0.4) is 0 Å². The molecule has 1 aliphatic carbocycles. The number of hydrogen-bond donors (Lipinski definition) is 1. The number of halogens is 1. The Morgan fingerprint density at radius 1 is 1.63 bits per heavy atom. The molecule has 0 saturated heterocycles. The van der Waals surface area contributed by atoms with Crippen molar-refractivity contribution in [2.24, 2.45) is 0 Å². The summed E-state index contributed by atoms with van der Waals surface area (Å²) in [5.41, 5.74) is 1.12. The van der Waals surface area contributed by atoms with Crippen LogP contribution in [0, 0.1) is 0 Å². The van der Waals surface area contributed by atoms with Crippen LogP contribution in [0.1, 0.15) is 29.2 Å². The van der Waals surface area contributed by atoms with Gasteiger partial charge in [0.05, 0.1) is 13.0 Å². The number of carbonyl (C=O) groups is 2. The maximum absolute atomic E-state index is 12.2. The highest BCUT2D eigenvalue weighted by atomic mass is 35.5. The van der Waals surface area contributed by atoms with E-state index in [1.165, 1.54) is 12.0 Å². The Balaban J connectivity index is 1.93. The topological polar surface area (TPSA) is 55.4 Å². The van der Waals surface area contributed by atoms with Crippen LogP contribution in [-0.4, -0.2) is 30.9 Å². The summed E-state index contributed by atoms with van der Waals surface area (Å²) in [7, 11) is 1.28. The van der Waals surface area contributed by atoms with Crippen LogP contribution in [0.25, 0.3) is 0 Å². The molecule has 104 valence electrons. The van der Waals surface area contributed by atoms with Gasteiger partial charge in [-0.25, -0.2) is 0 Å². The first-order valence-electron chi connectivity index (χ1n) is 6.19. The van der Waals surface area contributed by atoms with Crippen molar-refractivity contribution >= 4 is 34.8 Å². The van der Waals surface area contributed by atoms with Crippen molar-refractivity contribution in [1.29, 1.82) is 0 Å². The van der Waals surface area contributed by atoms with Crippen LogP contribution < -0.4 is 5.32 Å². The summed E-state index contributed by atoms with van der Waals surface area (Å²) in [6.07, 6.45) is 2.92. The third kappa shape index (κ3) is 3.28. The van der Waals surface area contributed by atoms with Crippen LogP contribution in [0.15, 0.2) is 11.4 Å². The average molecular weight is 302 g/mol. The van der Waals surface area contributed by atoms with Gasteiger partial charge in [-0.05, 0) is 36.3 Å². The number of esters is 1. The molecule has 0 aliphatic heterocycles. The predicted molar refractivity (Wildman–Crippen MR) is 74.7 cm³/mol. The van der Waals surface area contributed by atoms with Gasteiger partial charge in [-0.3, -0.25) is 9.59 Å². The van der Waals surface area contributed by atoms with Gasteiger partial charge in [0.2, 0.25) is 5.91 Å². The van der Waals surface area contributed by atoms with E-state index in [1.54, 1.807) is 11.3 Å². The molecule has 1 heterocycles. The summed E-state index contributed by atoms with van der Waals surface area (Å²) in [4.78, 5) is 24.6. The van der Waals surface area contributed by atoms with Crippen LogP contribution in [0.5, 0.6) is 0 Å². The zero-order chi connectivity index (χ0) is 13.8. The maximum Gasteiger partial charge on any atom is 0.325 e. The second-order valence-corrected chi connectivity index (χ2v) is 6.01. The highest BCUT2D eigenvalue weighted by Crippen LogP contribution is 2.34. The molecule has 1 N–H and O–H groups in total. The van der Waals surface area contributed by atoms with Gasteiger partial charge in [-0.2, -0.15) is 0 Å². The minimum absolute atomic E-state index is 0.0612. The van der Waals surface area contributed by atoms with E-state index in [0.717, 1.165) is 24.8 Å². The Hall–Kier alpha value is -1.07. The predicted octanol–water partition coefficient (Wildman–Crippen LogP) is 2.06. The van der Waals surface area contributed by atoms with Gasteiger partial charge in [0.15, 0.2) is 0 Å². The van der Waals surface area contributed by atoms with Gasteiger partial charge >= 0.3 is 5.97 Å².